The summed E-state index contributed by atoms with van der Waals surface area (Å²) in [6.45, 7) is 2.75. The van der Waals surface area contributed by atoms with Gasteiger partial charge in [0.05, 0.1) is 6.61 Å². The van der Waals surface area contributed by atoms with E-state index >= 15 is 0 Å². The number of hydrogen-bond acceptors (Lipinski definition) is 4. The van der Waals surface area contributed by atoms with Crippen molar-refractivity contribution in [2.45, 2.75) is 26.2 Å². The molecule has 1 rings (SSSR count). The third-order valence-electron chi connectivity index (χ3n) is 1.77. The van der Waals surface area contributed by atoms with Gasteiger partial charge in [0.15, 0.2) is 0 Å². The number of nitrogen functional groups attached to an aromatic ring is 1. The number of ether oxygens (including phenoxy) is 1. The second kappa shape index (κ2) is 5.65. The lowest BCUT2D eigenvalue weighted by Crippen LogP contribution is -2.02. The van der Waals surface area contributed by atoms with Crippen molar-refractivity contribution < 1.29 is 4.74 Å². The molecule has 0 aliphatic rings. The highest BCUT2D eigenvalue weighted by Gasteiger charge is 2.06. The fourth-order valence-corrected chi connectivity index (χ4v) is 1.14. The van der Waals surface area contributed by atoms with Gasteiger partial charge in [0.25, 0.3) is 0 Å². The molecule has 0 saturated heterocycles. The molecule has 78 valence electrons. The van der Waals surface area contributed by atoms with Crippen LogP contribution in [0.15, 0.2) is 6.33 Å². The van der Waals surface area contributed by atoms with E-state index in [1.54, 1.807) is 0 Å². The number of anilines is 1. The smallest absolute Gasteiger partial charge is 0.237 e. The van der Waals surface area contributed by atoms with Crippen LogP contribution in [0.3, 0.4) is 0 Å². The molecule has 0 unspecified atom stereocenters. The Morgan fingerprint density at radius 2 is 2.21 bits per heavy atom. The van der Waals surface area contributed by atoms with Gasteiger partial charge in [-0.15, -0.1) is 0 Å². The molecule has 0 atom stereocenters. The molecule has 4 nitrogen and oxygen atoms in total. The normalized spacial score (nSPS) is 10.1. The Morgan fingerprint density at radius 3 is 2.93 bits per heavy atom. The molecule has 0 spiro atoms. The third kappa shape index (κ3) is 3.03. The van der Waals surface area contributed by atoms with E-state index < -0.39 is 0 Å². The Bertz CT molecular complexity index is 293. The largest absolute Gasteiger partial charge is 0.476 e. The lowest BCUT2D eigenvalue weighted by molar-refractivity contribution is 0.295. The second-order valence-electron chi connectivity index (χ2n) is 2.93. The van der Waals surface area contributed by atoms with Gasteiger partial charge >= 0.3 is 0 Å². The van der Waals surface area contributed by atoms with Gasteiger partial charge in [-0.25, -0.2) is 9.97 Å². The van der Waals surface area contributed by atoms with Crippen LogP contribution in [-0.4, -0.2) is 16.6 Å². The molecule has 0 radical (unpaired) electrons. The van der Waals surface area contributed by atoms with Crippen molar-refractivity contribution in [3.05, 3.63) is 11.3 Å². The van der Waals surface area contributed by atoms with Gasteiger partial charge in [-0.3, -0.25) is 0 Å². The Kier molecular flexibility index (Phi) is 4.46. The van der Waals surface area contributed by atoms with Crippen molar-refractivity contribution in [2.75, 3.05) is 12.3 Å². The quantitative estimate of drug-likeness (QED) is 0.766. The topological polar surface area (TPSA) is 61.0 Å². The van der Waals surface area contributed by atoms with E-state index in [1.165, 1.54) is 6.33 Å². The zero-order valence-electron chi connectivity index (χ0n) is 8.16. The van der Waals surface area contributed by atoms with Crippen molar-refractivity contribution >= 4 is 17.4 Å². The molecule has 1 aromatic heterocycles. The van der Waals surface area contributed by atoms with E-state index in [1.807, 2.05) is 0 Å². The first kappa shape index (κ1) is 11.0. The summed E-state index contributed by atoms with van der Waals surface area (Å²) in [5, 5.41) is 0.295. The molecular formula is C9H14ClN3O. The molecular weight excluding hydrogens is 202 g/mol. The van der Waals surface area contributed by atoms with Gasteiger partial charge in [-0.1, -0.05) is 31.4 Å². The van der Waals surface area contributed by atoms with Gasteiger partial charge in [0.2, 0.25) is 5.88 Å². The summed E-state index contributed by atoms with van der Waals surface area (Å²) in [6, 6.07) is 0. The fourth-order valence-electron chi connectivity index (χ4n) is 0.988. The molecule has 0 aliphatic heterocycles. The summed E-state index contributed by atoms with van der Waals surface area (Å²) in [4.78, 5) is 7.63. The summed E-state index contributed by atoms with van der Waals surface area (Å²) < 4.78 is 5.36. The maximum Gasteiger partial charge on any atom is 0.237 e. The van der Waals surface area contributed by atoms with Crippen LogP contribution in [0.25, 0.3) is 0 Å². The number of rotatable bonds is 5. The zero-order chi connectivity index (χ0) is 10.4. The SMILES string of the molecule is CCCCCOc1ncnc(N)c1Cl. The molecule has 0 saturated carbocycles. The van der Waals surface area contributed by atoms with Crippen LogP contribution in [-0.2, 0) is 0 Å². The van der Waals surface area contributed by atoms with E-state index in [0.29, 0.717) is 17.5 Å². The Balaban J connectivity index is 2.46. The summed E-state index contributed by atoms with van der Waals surface area (Å²) in [7, 11) is 0. The Hall–Kier alpha value is -1.03. The highest BCUT2D eigenvalue weighted by atomic mass is 35.5. The van der Waals surface area contributed by atoms with Crippen LogP contribution in [0.1, 0.15) is 26.2 Å². The molecule has 0 aliphatic carbocycles. The first-order valence-corrected chi connectivity index (χ1v) is 5.02. The summed E-state index contributed by atoms with van der Waals surface area (Å²) in [5.74, 6) is 0.627. The van der Waals surface area contributed by atoms with Gasteiger partial charge < -0.3 is 10.5 Å². The number of unbranched alkanes of at least 4 members (excludes halogenated alkanes) is 2. The molecule has 0 bridgehead atoms. The van der Waals surface area contributed by atoms with Gasteiger partial charge in [-0.2, -0.15) is 0 Å². The number of nitrogens with zero attached hydrogens (tertiary/aromatic N) is 2. The predicted octanol–water partition coefficient (Wildman–Crippen LogP) is 2.28. The minimum absolute atomic E-state index is 0.257. The highest BCUT2D eigenvalue weighted by Crippen LogP contribution is 2.25. The minimum atomic E-state index is 0.257. The Morgan fingerprint density at radius 1 is 1.43 bits per heavy atom. The standard InChI is InChI=1S/C9H14ClN3O/c1-2-3-4-5-14-9-7(10)8(11)12-6-13-9/h6H,2-5H2,1H3,(H2,11,12,13). The van der Waals surface area contributed by atoms with E-state index in [0.717, 1.165) is 19.3 Å². The Labute approximate surface area is 88.5 Å². The zero-order valence-corrected chi connectivity index (χ0v) is 8.92. The first-order valence-electron chi connectivity index (χ1n) is 4.64. The van der Waals surface area contributed by atoms with Crippen LogP contribution < -0.4 is 10.5 Å². The maximum absolute atomic E-state index is 5.83. The molecule has 1 aromatic rings. The molecule has 1 heterocycles. The predicted molar refractivity (Wildman–Crippen MR) is 56.5 cm³/mol. The molecule has 2 N–H and O–H groups in total. The van der Waals surface area contributed by atoms with E-state index in [-0.39, 0.29) is 5.82 Å². The van der Waals surface area contributed by atoms with E-state index in [2.05, 4.69) is 16.9 Å². The van der Waals surface area contributed by atoms with Crippen molar-refractivity contribution in [3.8, 4) is 5.88 Å². The number of hydrogen-bond donors (Lipinski definition) is 1. The fraction of sp³-hybridized carbons (Fsp3) is 0.556. The first-order chi connectivity index (χ1) is 6.75. The van der Waals surface area contributed by atoms with Crippen molar-refractivity contribution in [1.29, 1.82) is 0 Å². The van der Waals surface area contributed by atoms with Crippen molar-refractivity contribution in [2.24, 2.45) is 0 Å². The van der Waals surface area contributed by atoms with Crippen LogP contribution in [0.4, 0.5) is 5.82 Å². The molecule has 0 aromatic carbocycles. The minimum Gasteiger partial charge on any atom is -0.476 e. The van der Waals surface area contributed by atoms with Gasteiger partial charge in [-0.05, 0) is 6.42 Å². The number of nitrogens with two attached hydrogens (primary N) is 1. The average molecular weight is 216 g/mol. The highest BCUT2D eigenvalue weighted by molar-refractivity contribution is 6.33. The molecule has 0 amide bonds. The van der Waals surface area contributed by atoms with E-state index in [4.69, 9.17) is 22.1 Å². The molecule has 0 fully saturated rings. The average Bonchev–Trinajstić information content (AvgIpc) is 2.19. The third-order valence-corrected chi connectivity index (χ3v) is 2.13. The van der Waals surface area contributed by atoms with Crippen LogP contribution in [0.2, 0.25) is 5.02 Å². The van der Waals surface area contributed by atoms with Crippen molar-refractivity contribution in [3.63, 3.8) is 0 Å². The van der Waals surface area contributed by atoms with Crippen LogP contribution in [0.5, 0.6) is 5.88 Å². The number of halogens is 1. The van der Waals surface area contributed by atoms with Gasteiger partial charge in [0, 0.05) is 0 Å². The van der Waals surface area contributed by atoms with Crippen LogP contribution in [0, 0.1) is 0 Å². The molecule has 5 heteroatoms. The van der Waals surface area contributed by atoms with Crippen LogP contribution >= 0.6 is 11.6 Å². The maximum atomic E-state index is 5.83. The van der Waals surface area contributed by atoms with Crippen molar-refractivity contribution in [1.82, 2.24) is 9.97 Å². The summed E-state index contributed by atoms with van der Waals surface area (Å²) in [6.07, 6.45) is 4.63. The summed E-state index contributed by atoms with van der Waals surface area (Å²) >= 11 is 5.83. The monoisotopic (exact) mass is 215 g/mol. The van der Waals surface area contributed by atoms with Gasteiger partial charge in [0.1, 0.15) is 17.2 Å². The lowest BCUT2D eigenvalue weighted by Gasteiger charge is -2.06. The summed E-state index contributed by atoms with van der Waals surface area (Å²) in [5.41, 5.74) is 5.49. The number of aromatic nitrogens is 2. The second-order valence-corrected chi connectivity index (χ2v) is 3.31. The molecule has 14 heavy (non-hydrogen) atoms. The lowest BCUT2D eigenvalue weighted by atomic mass is 10.3. The van der Waals surface area contributed by atoms with E-state index in [9.17, 15) is 0 Å².